The van der Waals surface area contributed by atoms with Crippen LogP contribution in [0.3, 0.4) is 0 Å². The molecule has 0 heterocycles. The normalized spacial score (nSPS) is 11.3. The molecule has 0 saturated heterocycles. The van der Waals surface area contributed by atoms with Gasteiger partial charge in [0.15, 0.2) is 6.61 Å². The van der Waals surface area contributed by atoms with Crippen LogP contribution in [0.1, 0.15) is 27.0 Å². The van der Waals surface area contributed by atoms with Crippen molar-refractivity contribution in [2.24, 2.45) is 0 Å². The van der Waals surface area contributed by atoms with Crippen molar-refractivity contribution >= 4 is 37.7 Å². The van der Waals surface area contributed by atoms with Crippen LogP contribution in [0.25, 0.3) is 0 Å². The van der Waals surface area contributed by atoms with E-state index < -0.39 is 29.1 Å². The average molecular weight is 454 g/mol. The Morgan fingerprint density at radius 1 is 1.07 bits per heavy atom. The maximum Gasteiger partial charge on any atom is 0.321 e. The Balaban J connectivity index is 1.94. The lowest BCUT2D eigenvalue weighted by Crippen LogP contribution is -2.31. The summed E-state index contributed by atoms with van der Waals surface area (Å²) >= 11 is 3.19. The predicted octanol–water partition coefficient (Wildman–Crippen LogP) is 3.08. The Morgan fingerprint density at radius 2 is 1.70 bits per heavy atom. The monoisotopic (exact) mass is 453 g/mol. The number of nitrogens with one attached hydrogen (secondary N) is 1. The molecule has 144 valence electrons. The van der Waals surface area contributed by atoms with Gasteiger partial charge >= 0.3 is 5.97 Å². The molecule has 0 aromatic heterocycles. The lowest BCUT2D eigenvalue weighted by atomic mass is 9.97. The summed E-state index contributed by atoms with van der Waals surface area (Å²) in [6.07, 6.45) is 0. The summed E-state index contributed by atoms with van der Waals surface area (Å²) in [5, 5.41) is 0. The van der Waals surface area contributed by atoms with E-state index in [1.165, 1.54) is 12.1 Å². The van der Waals surface area contributed by atoms with Gasteiger partial charge in [0.25, 0.3) is 0 Å². The number of benzene rings is 2. The Kier molecular flexibility index (Phi) is 6.91. The van der Waals surface area contributed by atoms with Crippen molar-refractivity contribution in [3.05, 3.63) is 63.1 Å². The Hall–Kier alpha value is -2.03. The number of ether oxygens (including phenoxy) is 1. The number of hydrogen-bond acceptors (Lipinski definition) is 5. The first-order valence-corrected chi connectivity index (χ1v) is 10.4. The van der Waals surface area contributed by atoms with Gasteiger partial charge in [0.05, 0.1) is 4.90 Å². The molecule has 0 atom stereocenters. The average Bonchev–Trinajstić information content (AvgIpc) is 2.57. The number of halogens is 1. The molecular weight excluding hydrogens is 434 g/mol. The van der Waals surface area contributed by atoms with E-state index in [9.17, 15) is 18.0 Å². The predicted molar refractivity (Wildman–Crippen MR) is 105 cm³/mol. The quantitative estimate of drug-likeness (QED) is 0.513. The lowest BCUT2D eigenvalue weighted by molar-refractivity contribution is -0.141. The van der Waals surface area contributed by atoms with Crippen molar-refractivity contribution in [3.8, 4) is 0 Å². The van der Waals surface area contributed by atoms with Gasteiger partial charge in [-0.25, -0.2) is 8.42 Å². The number of rotatable bonds is 7. The minimum Gasteiger partial charge on any atom is -0.456 e. The second kappa shape index (κ2) is 8.77. The second-order valence-electron chi connectivity index (χ2n) is 6.14. The number of sulfonamides is 1. The number of carbonyl (C=O) groups is 2. The first-order chi connectivity index (χ1) is 12.6. The molecule has 0 bridgehead atoms. The van der Waals surface area contributed by atoms with Gasteiger partial charge in [0.1, 0.15) is 6.54 Å². The number of esters is 1. The molecular formula is C19H20BrNO5S. The van der Waals surface area contributed by atoms with Crippen molar-refractivity contribution in [3.63, 3.8) is 0 Å². The van der Waals surface area contributed by atoms with E-state index in [-0.39, 0.29) is 10.7 Å². The molecule has 0 aliphatic rings. The fraction of sp³-hybridized carbons (Fsp3) is 0.263. The van der Waals surface area contributed by atoms with E-state index in [2.05, 4.69) is 20.7 Å². The van der Waals surface area contributed by atoms with E-state index in [1.54, 1.807) is 12.1 Å². The van der Waals surface area contributed by atoms with Crippen LogP contribution in [0.4, 0.5) is 0 Å². The maximum absolute atomic E-state index is 12.3. The number of hydrogen-bond donors (Lipinski definition) is 1. The van der Waals surface area contributed by atoms with Crippen LogP contribution in [0, 0.1) is 20.8 Å². The topological polar surface area (TPSA) is 89.5 Å². The molecule has 0 aliphatic carbocycles. The molecule has 0 saturated carbocycles. The molecule has 2 rings (SSSR count). The van der Waals surface area contributed by atoms with E-state index >= 15 is 0 Å². The first kappa shape index (κ1) is 21.3. The first-order valence-electron chi connectivity index (χ1n) is 8.12. The zero-order valence-corrected chi connectivity index (χ0v) is 17.6. The standard InChI is InChI=1S/C19H20BrNO5S/c1-12-7-13(2)19(14(3)8-12)17(22)11-26-18(23)10-21-27(24,25)16-6-4-5-15(20)9-16/h4-9,21H,10-11H2,1-3H3. The molecule has 0 spiro atoms. The zero-order valence-electron chi connectivity index (χ0n) is 15.2. The van der Waals surface area contributed by atoms with E-state index in [0.29, 0.717) is 10.0 Å². The van der Waals surface area contributed by atoms with Gasteiger partial charge < -0.3 is 4.74 Å². The number of ketones is 1. The van der Waals surface area contributed by atoms with E-state index in [4.69, 9.17) is 4.74 Å². The van der Waals surface area contributed by atoms with E-state index in [1.807, 2.05) is 32.9 Å². The largest absolute Gasteiger partial charge is 0.456 e. The minimum atomic E-state index is -3.85. The third-order valence-corrected chi connectivity index (χ3v) is 5.73. The van der Waals surface area contributed by atoms with Gasteiger partial charge in [-0.05, 0) is 50.1 Å². The van der Waals surface area contributed by atoms with Crippen LogP contribution < -0.4 is 4.72 Å². The highest BCUT2D eigenvalue weighted by Gasteiger charge is 2.18. The molecule has 8 heteroatoms. The molecule has 0 radical (unpaired) electrons. The fourth-order valence-electron chi connectivity index (χ4n) is 2.76. The third-order valence-electron chi connectivity index (χ3n) is 3.83. The number of carbonyl (C=O) groups excluding carboxylic acids is 2. The summed E-state index contributed by atoms with van der Waals surface area (Å²) in [6, 6.07) is 9.85. The van der Waals surface area contributed by atoms with Crippen LogP contribution in [-0.2, 0) is 19.6 Å². The molecule has 1 N–H and O–H groups in total. The number of aryl methyl sites for hydroxylation is 3. The third kappa shape index (κ3) is 5.72. The smallest absolute Gasteiger partial charge is 0.321 e. The summed E-state index contributed by atoms with van der Waals surface area (Å²) in [4.78, 5) is 24.2. The fourth-order valence-corrected chi connectivity index (χ4v) is 4.33. The highest BCUT2D eigenvalue weighted by molar-refractivity contribution is 9.10. The van der Waals surface area contributed by atoms with Gasteiger partial charge in [0.2, 0.25) is 15.8 Å². The van der Waals surface area contributed by atoms with Crippen LogP contribution in [-0.4, -0.2) is 33.3 Å². The van der Waals surface area contributed by atoms with Gasteiger partial charge in [-0.15, -0.1) is 0 Å². The molecule has 0 unspecified atom stereocenters. The van der Waals surface area contributed by atoms with Gasteiger partial charge in [-0.3, -0.25) is 9.59 Å². The minimum absolute atomic E-state index is 0.0201. The summed E-state index contributed by atoms with van der Waals surface area (Å²) in [5.74, 6) is -1.16. The van der Waals surface area contributed by atoms with Crippen molar-refractivity contribution in [2.45, 2.75) is 25.7 Å². The summed E-state index contributed by atoms with van der Waals surface area (Å²) in [7, 11) is -3.85. The highest BCUT2D eigenvalue weighted by atomic mass is 79.9. The van der Waals surface area contributed by atoms with Crippen LogP contribution in [0.2, 0.25) is 0 Å². The van der Waals surface area contributed by atoms with Crippen molar-refractivity contribution in [1.29, 1.82) is 0 Å². The Morgan fingerprint density at radius 3 is 2.30 bits per heavy atom. The summed E-state index contributed by atoms with van der Waals surface area (Å²) < 4.78 is 32.0. The SMILES string of the molecule is Cc1cc(C)c(C(=O)COC(=O)CNS(=O)(=O)c2cccc(Br)c2)c(C)c1. The van der Waals surface area contributed by atoms with Gasteiger partial charge in [0, 0.05) is 10.0 Å². The van der Waals surface area contributed by atoms with Crippen LogP contribution >= 0.6 is 15.9 Å². The van der Waals surface area contributed by atoms with Crippen LogP contribution in [0.15, 0.2) is 45.8 Å². The van der Waals surface area contributed by atoms with Crippen molar-refractivity contribution in [2.75, 3.05) is 13.2 Å². The van der Waals surface area contributed by atoms with E-state index in [0.717, 1.165) is 16.7 Å². The number of Topliss-reactive ketones (excluding diaryl/α,β-unsaturated/α-hetero) is 1. The molecule has 0 fully saturated rings. The Bertz CT molecular complexity index is 962. The summed E-state index contributed by atoms with van der Waals surface area (Å²) in [6.45, 7) is 4.57. The van der Waals surface area contributed by atoms with Crippen LogP contribution in [0.5, 0.6) is 0 Å². The molecule has 0 amide bonds. The van der Waals surface area contributed by atoms with Crippen molar-refractivity contribution in [1.82, 2.24) is 4.72 Å². The molecule has 27 heavy (non-hydrogen) atoms. The highest BCUT2D eigenvalue weighted by Crippen LogP contribution is 2.17. The summed E-state index contributed by atoms with van der Waals surface area (Å²) in [5.41, 5.74) is 3.18. The lowest BCUT2D eigenvalue weighted by Gasteiger charge is -2.11. The molecule has 2 aromatic carbocycles. The van der Waals surface area contributed by atoms with Gasteiger partial charge in [-0.1, -0.05) is 39.7 Å². The van der Waals surface area contributed by atoms with Gasteiger partial charge in [-0.2, -0.15) is 4.72 Å². The molecule has 2 aromatic rings. The molecule has 6 nitrogen and oxygen atoms in total. The molecule has 0 aliphatic heterocycles. The zero-order chi connectivity index (χ0) is 20.2. The van der Waals surface area contributed by atoms with Crippen molar-refractivity contribution < 1.29 is 22.7 Å². The second-order valence-corrected chi connectivity index (χ2v) is 8.82. The Labute approximate surface area is 167 Å². The maximum atomic E-state index is 12.3.